The molecule has 1 fully saturated rings. The summed E-state index contributed by atoms with van der Waals surface area (Å²) >= 11 is 1.32. The first-order valence-electron chi connectivity index (χ1n) is 13.0. The van der Waals surface area contributed by atoms with Gasteiger partial charge in [0.05, 0.1) is 16.4 Å². The number of hydrogen-bond donors (Lipinski definition) is 0. The minimum absolute atomic E-state index is 0.00654. The Balaban J connectivity index is 1.22. The summed E-state index contributed by atoms with van der Waals surface area (Å²) in [6, 6.07) is 34.2. The van der Waals surface area contributed by atoms with Crippen molar-refractivity contribution in [3.63, 3.8) is 0 Å². The average molecular weight is 553 g/mol. The van der Waals surface area contributed by atoms with Gasteiger partial charge < -0.3 is 14.2 Å². The van der Waals surface area contributed by atoms with E-state index in [1.165, 1.54) is 18.7 Å². The highest BCUT2D eigenvalue weighted by Crippen LogP contribution is 2.37. The summed E-state index contributed by atoms with van der Waals surface area (Å²) in [7, 11) is 0. The van der Waals surface area contributed by atoms with E-state index >= 15 is 0 Å². The van der Waals surface area contributed by atoms with Crippen LogP contribution in [0.15, 0.2) is 109 Å². The van der Waals surface area contributed by atoms with E-state index in [1.807, 2.05) is 84.9 Å². The highest BCUT2D eigenvalue weighted by Gasteiger charge is 2.40. The Bertz CT molecular complexity index is 1450. The minimum Gasteiger partial charge on any atom is -0.461 e. The van der Waals surface area contributed by atoms with Crippen molar-refractivity contribution in [3.8, 4) is 22.3 Å². The molecule has 4 aromatic carbocycles. The topological polar surface area (TPSA) is 78.9 Å². The molecular weight excluding hydrogens is 524 g/mol. The Morgan fingerprint density at radius 1 is 0.650 bits per heavy atom. The van der Waals surface area contributed by atoms with E-state index in [1.54, 1.807) is 24.3 Å². The van der Waals surface area contributed by atoms with Crippen LogP contribution in [0.3, 0.4) is 0 Å². The van der Waals surface area contributed by atoms with Crippen LogP contribution in [0.5, 0.6) is 0 Å². The van der Waals surface area contributed by atoms with Gasteiger partial charge in [0.15, 0.2) is 5.44 Å². The molecule has 0 saturated carbocycles. The van der Waals surface area contributed by atoms with Crippen molar-refractivity contribution < 1.29 is 28.6 Å². The Morgan fingerprint density at radius 2 is 1.12 bits per heavy atom. The molecule has 1 heterocycles. The Morgan fingerprint density at radius 3 is 1.62 bits per heavy atom. The zero-order chi connectivity index (χ0) is 27.9. The third-order valence-corrected chi connectivity index (χ3v) is 7.94. The van der Waals surface area contributed by atoms with E-state index in [4.69, 9.17) is 14.2 Å². The number of thioether (sulfide) groups is 1. The standard InChI is InChI=1S/C33H28O6S/c1-22(34)38-31-20-29(39-33(36)28-18-14-26(15-19-28)24-10-6-3-7-11-24)30(40-31)21-37-32(35)27-16-12-25(13-17-27)23-8-4-2-5-9-23/h2-19,29-31H,20-21H2,1H3/t29-,30-,31?/m0/s1. The van der Waals surface area contributed by atoms with Gasteiger partial charge in [0, 0.05) is 13.3 Å². The van der Waals surface area contributed by atoms with Crippen molar-refractivity contribution in [2.24, 2.45) is 0 Å². The van der Waals surface area contributed by atoms with Crippen LogP contribution in [0.4, 0.5) is 0 Å². The van der Waals surface area contributed by atoms with Gasteiger partial charge in [0.25, 0.3) is 0 Å². The summed E-state index contributed by atoms with van der Waals surface area (Å²) in [5.41, 5.74) is 4.43. The van der Waals surface area contributed by atoms with E-state index in [-0.39, 0.29) is 11.9 Å². The number of carbonyl (C=O) groups excluding carboxylic acids is 3. The van der Waals surface area contributed by atoms with E-state index in [0.29, 0.717) is 17.5 Å². The van der Waals surface area contributed by atoms with Gasteiger partial charge in [-0.2, -0.15) is 0 Å². The average Bonchev–Trinajstić information content (AvgIpc) is 3.36. The zero-order valence-corrected chi connectivity index (χ0v) is 22.7. The molecule has 3 atom stereocenters. The summed E-state index contributed by atoms with van der Waals surface area (Å²) in [5.74, 6) is -1.38. The first kappa shape index (κ1) is 27.2. The van der Waals surface area contributed by atoms with Gasteiger partial charge in [-0.3, -0.25) is 4.79 Å². The third-order valence-electron chi connectivity index (χ3n) is 6.56. The molecule has 1 aliphatic rings. The van der Waals surface area contributed by atoms with Gasteiger partial charge in [0.2, 0.25) is 0 Å². The van der Waals surface area contributed by atoms with Crippen molar-refractivity contribution >= 4 is 29.7 Å². The summed E-state index contributed by atoms with van der Waals surface area (Å²) in [6.45, 7) is 1.34. The third kappa shape index (κ3) is 6.79. The Hall–Kier alpha value is -4.36. The monoisotopic (exact) mass is 552 g/mol. The molecule has 0 radical (unpaired) electrons. The molecule has 1 aliphatic heterocycles. The molecule has 5 rings (SSSR count). The molecule has 1 unspecified atom stereocenters. The second-order valence-corrected chi connectivity index (χ2v) is 10.8. The second-order valence-electron chi connectivity index (χ2n) is 9.38. The number of hydrogen-bond acceptors (Lipinski definition) is 7. The van der Waals surface area contributed by atoms with Crippen LogP contribution in [0.2, 0.25) is 0 Å². The van der Waals surface area contributed by atoms with Gasteiger partial charge >= 0.3 is 17.9 Å². The maximum Gasteiger partial charge on any atom is 0.338 e. The fourth-order valence-corrected chi connectivity index (χ4v) is 5.89. The van der Waals surface area contributed by atoms with Gasteiger partial charge in [-0.25, -0.2) is 9.59 Å². The molecule has 0 bridgehead atoms. The van der Waals surface area contributed by atoms with Gasteiger partial charge in [-0.15, -0.1) is 11.8 Å². The molecule has 7 heteroatoms. The molecule has 0 spiro atoms. The molecule has 0 aromatic heterocycles. The summed E-state index contributed by atoms with van der Waals surface area (Å²) in [5, 5.41) is -0.385. The minimum atomic E-state index is -0.594. The molecule has 4 aromatic rings. The highest BCUT2D eigenvalue weighted by atomic mass is 32.2. The van der Waals surface area contributed by atoms with Crippen LogP contribution in [0.25, 0.3) is 22.3 Å². The van der Waals surface area contributed by atoms with E-state index in [9.17, 15) is 14.4 Å². The van der Waals surface area contributed by atoms with Crippen molar-refractivity contribution in [3.05, 3.63) is 120 Å². The predicted octanol–water partition coefficient (Wildman–Crippen LogP) is 6.80. The molecular formula is C33H28O6S. The van der Waals surface area contributed by atoms with Crippen molar-refractivity contribution in [2.75, 3.05) is 6.61 Å². The predicted molar refractivity (Wildman–Crippen MR) is 155 cm³/mol. The lowest BCUT2D eigenvalue weighted by atomic mass is 10.0. The lowest BCUT2D eigenvalue weighted by molar-refractivity contribution is -0.142. The van der Waals surface area contributed by atoms with E-state index in [0.717, 1.165) is 22.3 Å². The highest BCUT2D eigenvalue weighted by molar-refractivity contribution is 8.00. The number of rotatable bonds is 8. The first-order valence-corrected chi connectivity index (χ1v) is 13.9. The molecule has 0 N–H and O–H groups in total. The van der Waals surface area contributed by atoms with Crippen molar-refractivity contribution in [1.29, 1.82) is 0 Å². The lowest BCUT2D eigenvalue weighted by Gasteiger charge is -2.19. The summed E-state index contributed by atoms with van der Waals surface area (Å²) in [4.78, 5) is 37.3. The zero-order valence-electron chi connectivity index (χ0n) is 21.9. The van der Waals surface area contributed by atoms with Gasteiger partial charge in [-0.1, -0.05) is 84.9 Å². The lowest BCUT2D eigenvalue weighted by Crippen LogP contribution is -2.29. The SMILES string of the molecule is CC(=O)OC1C[C@H](OC(=O)c2ccc(-c3ccccc3)cc2)[C@H](COC(=O)c2ccc(-c3ccccc3)cc2)S1. The molecule has 40 heavy (non-hydrogen) atoms. The first-order chi connectivity index (χ1) is 19.5. The normalized spacial score (nSPS) is 18.1. The van der Waals surface area contributed by atoms with Crippen LogP contribution in [-0.4, -0.2) is 41.3 Å². The van der Waals surface area contributed by atoms with Crippen molar-refractivity contribution in [2.45, 2.75) is 30.1 Å². The number of ether oxygens (including phenoxy) is 3. The van der Waals surface area contributed by atoms with Gasteiger partial charge in [0.1, 0.15) is 12.7 Å². The number of esters is 3. The molecule has 202 valence electrons. The fourth-order valence-electron chi connectivity index (χ4n) is 4.52. The van der Waals surface area contributed by atoms with Crippen molar-refractivity contribution in [1.82, 2.24) is 0 Å². The van der Waals surface area contributed by atoms with E-state index < -0.39 is 29.4 Å². The largest absolute Gasteiger partial charge is 0.461 e. The smallest absolute Gasteiger partial charge is 0.338 e. The van der Waals surface area contributed by atoms with Crippen LogP contribution in [-0.2, 0) is 19.0 Å². The van der Waals surface area contributed by atoms with Crippen LogP contribution < -0.4 is 0 Å². The fraction of sp³-hybridized carbons (Fsp3) is 0.182. The molecule has 6 nitrogen and oxygen atoms in total. The van der Waals surface area contributed by atoms with Crippen LogP contribution in [0, 0.1) is 0 Å². The maximum absolute atomic E-state index is 13.0. The van der Waals surface area contributed by atoms with Crippen LogP contribution in [0.1, 0.15) is 34.1 Å². The van der Waals surface area contributed by atoms with Crippen LogP contribution >= 0.6 is 11.8 Å². The Labute approximate surface area is 237 Å². The Kier molecular flexibility index (Phi) is 8.62. The molecule has 1 saturated heterocycles. The maximum atomic E-state index is 13.0. The number of benzene rings is 4. The summed E-state index contributed by atoms with van der Waals surface area (Å²) < 4.78 is 16.8. The molecule has 0 aliphatic carbocycles. The quantitative estimate of drug-likeness (QED) is 0.176. The van der Waals surface area contributed by atoms with Gasteiger partial charge in [-0.05, 0) is 46.5 Å². The summed E-state index contributed by atoms with van der Waals surface area (Å²) in [6.07, 6.45) is -0.282. The number of carbonyl (C=O) groups is 3. The van der Waals surface area contributed by atoms with E-state index in [2.05, 4.69) is 0 Å². The second kappa shape index (κ2) is 12.7. The molecule has 0 amide bonds.